The highest BCUT2D eigenvalue weighted by atomic mass is 79.9. The van der Waals surface area contributed by atoms with Crippen LogP contribution in [0.15, 0.2) is 59.1 Å². The number of benzene rings is 3. The maximum Gasteiger partial charge on any atom is 0.335 e. The zero-order valence-electron chi connectivity index (χ0n) is 16.5. The number of hydrogen-bond donors (Lipinski definition) is 2. The molecule has 0 heterocycles. The molecule has 0 unspecified atom stereocenters. The minimum absolute atomic E-state index is 0.266. The van der Waals surface area contributed by atoms with Crippen LogP contribution in [-0.2, 0) is 13.2 Å². The number of anilines is 1. The van der Waals surface area contributed by atoms with Gasteiger partial charge in [-0.3, -0.25) is 0 Å². The Labute approximate surface area is 188 Å². The third kappa shape index (κ3) is 5.26. The topological polar surface area (TPSA) is 67.8 Å². The van der Waals surface area contributed by atoms with Crippen molar-refractivity contribution in [1.82, 2.24) is 0 Å². The average molecular weight is 491 g/mol. The highest BCUT2D eigenvalue weighted by Crippen LogP contribution is 2.37. The average Bonchev–Trinajstić information content (AvgIpc) is 2.72. The second-order valence-corrected chi connectivity index (χ2v) is 7.94. The van der Waals surface area contributed by atoms with Crippen LogP contribution in [0.25, 0.3) is 0 Å². The first-order valence-electron chi connectivity index (χ1n) is 9.19. The second-order valence-electron chi connectivity index (χ2n) is 6.68. The molecule has 3 aromatic rings. The number of hydrogen-bond acceptors (Lipinski definition) is 4. The maximum atomic E-state index is 11.1. The fraction of sp³-hybridized carbons (Fsp3) is 0.174. The Morgan fingerprint density at radius 2 is 1.93 bits per heavy atom. The molecule has 7 heteroatoms. The molecule has 0 spiro atoms. The van der Waals surface area contributed by atoms with Crippen molar-refractivity contribution in [2.45, 2.75) is 20.1 Å². The fourth-order valence-corrected chi connectivity index (χ4v) is 3.77. The highest BCUT2D eigenvalue weighted by Gasteiger charge is 2.13. The normalized spacial score (nSPS) is 10.5. The molecule has 0 radical (unpaired) electrons. The summed E-state index contributed by atoms with van der Waals surface area (Å²) in [5.41, 5.74) is 3.86. The predicted molar refractivity (Wildman–Crippen MR) is 122 cm³/mol. The Hall–Kier alpha value is -2.70. The van der Waals surface area contributed by atoms with E-state index >= 15 is 0 Å². The number of nitrogens with one attached hydrogen (secondary N) is 1. The van der Waals surface area contributed by atoms with E-state index in [1.807, 2.05) is 43.3 Å². The molecular formula is C23H21BrClNO4. The van der Waals surface area contributed by atoms with E-state index in [-0.39, 0.29) is 5.56 Å². The van der Waals surface area contributed by atoms with Crippen molar-refractivity contribution in [2.24, 2.45) is 0 Å². The van der Waals surface area contributed by atoms with Gasteiger partial charge in [0.25, 0.3) is 0 Å². The third-order valence-electron chi connectivity index (χ3n) is 4.58. The molecular weight excluding hydrogens is 470 g/mol. The van der Waals surface area contributed by atoms with Crippen molar-refractivity contribution in [3.05, 3.63) is 86.3 Å². The Morgan fingerprint density at radius 3 is 2.60 bits per heavy atom. The number of carbonyl (C=O) groups is 1. The van der Waals surface area contributed by atoms with Crippen LogP contribution in [0.5, 0.6) is 11.5 Å². The first-order chi connectivity index (χ1) is 14.4. The first kappa shape index (κ1) is 22.0. The minimum atomic E-state index is -0.939. The lowest BCUT2D eigenvalue weighted by Gasteiger charge is -2.16. The molecule has 0 amide bonds. The lowest BCUT2D eigenvalue weighted by Crippen LogP contribution is -2.05. The lowest BCUT2D eigenvalue weighted by atomic mass is 10.1. The molecule has 0 aliphatic carbocycles. The number of aryl methyl sites for hydroxylation is 1. The van der Waals surface area contributed by atoms with Gasteiger partial charge < -0.3 is 19.9 Å². The summed E-state index contributed by atoms with van der Waals surface area (Å²) in [6.07, 6.45) is 0. The SMILES string of the molecule is COc1cc(CNc2ccc(C(=O)O)cc2C)cc(Br)c1OCc1ccccc1Cl. The van der Waals surface area contributed by atoms with E-state index in [0.717, 1.165) is 26.9 Å². The Bertz CT molecular complexity index is 1070. The van der Waals surface area contributed by atoms with Gasteiger partial charge in [-0.05, 0) is 70.4 Å². The Kier molecular flexibility index (Phi) is 7.24. The van der Waals surface area contributed by atoms with Crippen molar-refractivity contribution in [3.63, 3.8) is 0 Å². The zero-order valence-corrected chi connectivity index (χ0v) is 18.9. The maximum absolute atomic E-state index is 11.1. The smallest absolute Gasteiger partial charge is 0.335 e. The molecule has 0 aromatic heterocycles. The van der Waals surface area contributed by atoms with Crippen LogP contribution in [0.1, 0.15) is 27.0 Å². The van der Waals surface area contributed by atoms with Gasteiger partial charge >= 0.3 is 5.97 Å². The van der Waals surface area contributed by atoms with E-state index in [4.69, 9.17) is 26.2 Å². The van der Waals surface area contributed by atoms with Crippen molar-refractivity contribution < 1.29 is 19.4 Å². The summed E-state index contributed by atoms with van der Waals surface area (Å²) in [5, 5.41) is 13.1. The number of methoxy groups -OCH3 is 1. The van der Waals surface area contributed by atoms with Crippen LogP contribution in [0, 0.1) is 6.92 Å². The summed E-state index contributed by atoms with van der Waals surface area (Å²) in [6, 6.07) is 16.4. The molecule has 3 rings (SSSR count). The fourth-order valence-electron chi connectivity index (χ4n) is 2.97. The molecule has 0 atom stereocenters. The van der Waals surface area contributed by atoms with Crippen molar-refractivity contribution in [2.75, 3.05) is 12.4 Å². The van der Waals surface area contributed by atoms with Crippen LogP contribution < -0.4 is 14.8 Å². The van der Waals surface area contributed by atoms with Gasteiger partial charge in [-0.2, -0.15) is 0 Å². The molecule has 2 N–H and O–H groups in total. The van der Waals surface area contributed by atoms with E-state index in [2.05, 4.69) is 21.2 Å². The van der Waals surface area contributed by atoms with Gasteiger partial charge in [0.05, 0.1) is 17.1 Å². The van der Waals surface area contributed by atoms with E-state index < -0.39 is 5.97 Å². The molecule has 3 aromatic carbocycles. The van der Waals surface area contributed by atoms with Crippen molar-refractivity contribution in [3.8, 4) is 11.5 Å². The number of rotatable bonds is 8. The monoisotopic (exact) mass is 489 g/mol. The largest absolute Gasteiger partial charge is 0.493 e. The minimum Gasteiger partial charge on any atom is -0.493 e. The standard InChI is InChI=1S/C23H21BrClNO4/c1-14-9-16(23(27)28)7-8-20(14)26-12-15-10-18(24)22(21(11-15)29-2)30-13-17-5-3-4-6-19(17)25/h3-11,26H,12-13H2,1-2H3,(H,27,28). The Morgan fingerprint density at radius 1 is 1.17 bits per heavy atom. The molecule has 0 aliphatic heterocycles. The third-order valence-corrected chi connectivity index (χ3v) is 5.53. The van der Waals surface area contributed by atoms with Gasteiger partial charge in [-0.25, -0.2) is 4.79 Å². The van der Waals surface area contributed by atoms with Gasteiger partial charge in [0.2, 0.25) is 0 Å². The number of carboxylic acids is 1. The summed E-state index contributed by atoms with van der Waals surface area (Å²) >= 11 is 9.77. The molecule has 156 valence electrons. The number of aromatic carboxylic acids is 1. The highest BCUT2D eigenvalue weighted by molar-refractivity contribution is 9.10. The zero-order chi connectivity index (χ0) is 21.7. The van der Waals surface area contributed by atoms with E-state index in [0.29, 0.717) is 29.7 Å². The second kappa shape index (κ2) is 9.87. The number of halogens is 2. The van der Waals surface area contributed by atoms with Gasteiger partial charge in [0.1, 0.15) is 6.61 Å². The molecule has 30 heavy (non-hydrogen) atoms. The number of ether oxygens (including phenoxy) is 2. The molecule has 5 nitrogen and oxygen atoms in total. The summed E-state index contributed by atoms with van der Waals surface area (Å²) in [6.45, 7) is 2.73. The van der Waals surface area contributed by atoms with E-state index in [1.54, 1.807) is 25.3 Å². The van der Waals surface area contributed by atoms with Crippen LogP contribution in [0.3, 0.4) is 0 Å². The molecule has 0 saturated heterocycles. The van der Waals surface area contributed by atoms with Crippen LogP contribution in [0.4, 0.5) is 5.69 Å². The van der Waals surface area contributed by atoms with Gasteiger partial charge in [-0.1, -0.05) is 29.8 Å². The summed E-state index contributed by atoms with van der Waals surface area (Å²) in [4.78, 5) is 11.1. The summed E-state index contributed by atoms with van der Waals surface area (Å²) in [5.74, 6) is 0.264. The van der Waals surface area contributed by atoms with Crippen LogP contribution in [-0.4, -0.2) is 18.2 Å². The van der Waals surface area contributed by atoms with Crippen LogP contribution >= 0.6 is 27.5 Å². The predicted octanol–water partition coefficient (Wildman–Crippen LogP) is 6.31. The van der Waals surface area contributed by atoms with Crippen molar-refractivity contribution >= 4 is 39.2 Å². The van der Waals surface area contributed by atoms with E-state index in [1.165, 1.54) is 0 Å². The lowest BCUT2D eigenvalue weighted by molar-refractivity contribution is 0.0697. The van der Waals surface area contributed by atoms with Gasteiger partial charge in [0, 0.05) is 22.8 Å². The Balaban J connectivity index is 1.73. The quantitative estimate of drug-likeness (QED) is 0.387. The van der Waals surface area contributed by atoms with E-state index in [9.17, 15) is 4.79 Å². The van der Waals surface area contributed by atoms with Gasteiger partial charge in [0.15, 0.2) is 11.5 Å². The molecule has 0 fully saturated rings. The molecule has 0 saturated carbocycles. The summed E-state index contributed by atoms with van der Waals surface area (Å²) in [7, 11) is 1.59. The first-order valence-corrected chi connectivity index (χ1v) is 10.4. The summed E-state index contributed by atoms with van der Waals surface area (Å²) < 4.78 is 12.3. The van der Waals surface area contributed by atoms with Crippen LogP contribution in [0.2, 0.25) is 5.02 Å². The molecule has 0 aliphatic rings. The number of carboxylic acid groups (broad SMARTS) is 1. The van der Waals surface area contributed by atoms with Gasteiger partial charge in [-0.15, -0.1) is 0 Å². The van der Waals surface area contributed by atoms with Crippen molar-refractivity contribution in [1.29, 1.82) is 0 Å². The molecule has 0 bridgehead atoms.